The Morgan fingerprint density at radius 2 is 2.22 bits per heavy atom. The number of nitro benzene ring substituents is 1. The molecule has 0 radical (unpaired) electrons. The van der Waals surface area contributed by atoms with Crippen LogP contribution in [-0.4, -0.2) is 21.0 Å². The number of carbonyl (C=O) groups excluding carboxylic acids is 1. The number of aromatic nitrogens is 2. The molecule has 18 heavy (non-hydrogen) atoms. The van der Waals surface area contributed by atoms with Gasteiger partial charge in [0, 0.05) is 18.2 Å². The van der Waals surface area contributed by atoms with Gasteiger partial charge in [-0.25, -0.2) is 0 Å². The van der Waals surface area contributed by atoms with Crippen LogP contribution < -0.4 is 5.32 Å². The van der Waals surface area contributed by atoms with Crippen LogP contribution in [0.4, 0.5) is 11.5 Å². The zero-order valence-corrected chi connectivity index (χ0v) is 9.64. The molecule has 8 heteroatoms. The highest BCUT2D eigenvalue weighted by molar-refractivity contribution is 6.34. The van der Waals surface area contributed by atoms with E-state index in [2.05, 4.69) is 15.5 Å². The minimum atomic E-state index is -0.581. The van der Waals surface area contributed by atoms with E-state index in [1.807, 2.05) is 0 Å². The average Bonchev–Trinajstić information content (AvgIpc) is 2.81. The van der Waals surface area contributed by atoms with Crippen LogP contribution in [0.15, 0.2) is 30.5 Å². The molecule has 92 valence electrons. The molecule has 1 heterocycles. The van der Waals surface area contributed by atoms with Crippen molar-refractivity contribution in [1.29, 1.82) is 0 Å². The SMILES string of the molecule is O=C(Nc1ccn[nH]1)c1ccc([N+](=O)[O-])cc1Cl. The predicted molar refractivity (Wildman–Crippen MR) is 64.6 cm³/mol. The van der Waals surface area contributed by atoms with E-state index in [1.165, 1.54) is 18.3 Å². The monoisotopic (exact) mass is 266 g/mol. The standard InChI is InChI=1S/C10H7ClN4O3/c11-8-5-6(15(17)18)1-2-7(8)10(16)13-9-3-4-12-14-9/h1-5H,(H2,12,13,14,16). The second-order valence-electron chi connectivity index (χ2n) is 3.35. The number of benzene rings is 1. The van der Waals surface area contributed by atoms with Gasteiger partial charge in [-0.2, -0.15) is 5.10 Å². The molecule has 2 aromatic rings. The number of halogens is 1. The molecule has 0 fully saturated rings. The first-order chi connectivity index (χ1) is 8.58. The van der Waals surface area contributed by atoms with E-state index >= 15 is 0 Å². The van der Waals surface area contributed by atoms with Gasteiger partial charge in [-0.05, 0) is 6.07 Å². The second kappa shape index (κ2) is 4.84. The fourth-order valence-electron chi connectivity index (χ4n) is 1.32. The van der Waals surface area contributed by atoms with Crippen LogP contribution in [0, 0.1) is 10.1 Å². The molecular weight excluding hydrogens is 260 g/mol. The summed E-state index contributed by atoms with van der Waals surface area (Å²) in [4.78, 5) is 21.7. The third-order valence-electron chi connectivity index (χ3n) is 2.16. The van der Waals surface area contributed by atoms with E-state index in [4.69, 9.17) is 11.6 Å². The molecule has 0 aliphatic heterocycles. The topological polar surface area (TPSA) is 101 Å². The van der Waals surface area contributed by atoms with E-state index in [-0.39, 0.29) is 16.3 Å². The van der Waals surface area contributed by atoms with Crippen LogP contribution in [-0.2, 0) is 0 Å². The minimum absolute atomic E-state index is 0.0150. The van der Waals surface area contributed by atoms with Gasteiger partial charge in [0.1, 0.15) is 5.82 Å². The van der Waals surface area contributed by atoms with Crippen molar-refractivity contribution in [3.63, 3.8) is 0 Å². The normalized spacial score (nSPS) is 10.1. The molecule has 0 bridgehead atoms. The molecule has 0 spiro atoms. The summed E-state index contributed by atoms with van der Waals surface area (Å²) in [6, 6.07) is 5.21. The maximum Gasteiger partial charge on any atom is 0.270 e. The highest BCUT2D eigenvalue weighted by Crippen LogP contribution is 2.23. The summed E-state index contributed by atoms with van der Waals surface area (Å²) in [7, 11) is 0. The fraction of sp³-hybridized carbons (Fsp3) is 0. The van der Waals surface area contributed by atoms with Gasteiger partial charge in [-0.3, -0.25) is 20.0 Å². The lowest BCUT2D eigenvalue weighted by Gasteiger charge is -2.04. The number of aromatic amines is 1. The molecule has 0 aliphatic carbocycles. The Kier molecular flexibility index (Phi) is 3.24. The van der Waals surface area contributed by atoms with Crippen molar-refractivity contribution in [1.82, 2.24) is 10.2 Å². The van der Waals surface area contributed by atoms with Gasteiger partial charge < -0.3 is 5.32 Å². The lowest BCUT2D eigenvalue weighted by atomic mass is 10.2. The van der Waals surface area contributed by atoms with Crippen molar-refractivity contribution < 1.29 is 9.72 Å². The van der Waals surface area contributed by atoms with Crippen LogP contribution in [0.5, 0.6) is 0 Å². The highest BCUT2D eigenvalue weighted by Gasteiger charge is 2.15. The summed E-state index contributed by atoms with van der Waals surface area (Å²) >= 11 is 5.82. The van der Waals surface area contributed by atoms with Crippen molar-refractivity contribution in [3.8, 4) is 0 Å². The summed E-state index contributed by atoms with van der Waals surface area (Å²) in [6.07, 6.45) is 1.48. The van der Waals surface area contributed by atoms with Crippen molar-refractivity contribution in [3.05, 3.63) is 51.2 Å². The quantitative estimate of drug-likeness (QED) is 0.657. The Hall–Kier alpha value is -2.41. The minimum Gasteiger partial charge on any atom is -0.307 e. The summed E-state index contributed by atoms with van der Waals surface area (Å²) in [5.41, 5.74) is -0.0186. The molecule has 0 unspecified atom stereocenters. The number of anilines is 1. The van der Waals surface area contributed by atoms with E-state index in [9.17, 15) is 14.9 Å². The van der Waals surface area contributed by atoms with Gasteiger partial charge in [-0.15, -0.1) is 0 Å². The predicted octanol–water partition coefficient (Wildman–Crippen LogP) is 2.22. The zero-order valence-electron chi connectivity index (χ0n) is 8.88. The number of hydrogen-bond donors (Lipinski definition) is 2. The Bertz CT molecular complexity index is 597. The number of rotatable bonds is 3. The van der Waals surface area contributed by atoms with Crippen molar-refractivity contribution >= 4 is 29.0 Å². The number of nitrogens with one attached hydrogen (secondary N) is 2. The van der Waals surface area contributed by atoms with Gasteiger partial charge in [0.2, 0.25) is 0 Å². The first-order valence-electron chi connectivity index (χ1n) is 4.82. The first kappa shape index (κ1) is 12.1. The molecule has 0 aliphatic rings. The molecule has 0 saturated carbocycles. The highest BCUT2D eigenvalue weighted by atomic mass is 35.5. The van der Waals surface area contributed by atoms with E-state index in [0.717, 1.165) is 6.07 Å². The van der Waals surface area contributed by atoms with Gasteiger partial charge in [0.25, 0.3) is 11.6 Å². The molecule has 0 saturated heterocycles. The molecule has 2 rings (SSSR count). The van der Waals surface area contributed by atoms with Gasteiger partial charge in [0.05, 0.1) is 21.7 Å². The van der Waals surface area contributed by atoms with Crippen LogP contribution in [0.3, 0.4) is 0 Å². The van der Waals surface area contributed by atoms with Crippen LogP contribution in [0.25, 0.3) is 0 Å². The molecular formula is C10H7ClN4O3. The largest absolute Gasteiger partial charge is 0.307 e. The van der Waals surface area contributed by atoms with Gasteiger partial charge in [-0.1, -0.05) is 11.6 Å². The summed E-state index contributed by atoms with van der Waals surface area (Å²) in [5, 5.41) is 19.3. The van der Waals surface area contributed by atoms with E-state index < -0.39 is 10.8 Å². The Morgan fingerprint density at radius 1 is 1.44 bits per heavy atom. The number of carbonyl (C=O) groups is 1. The molecule has 1 aromatic heterocycles. The summed E-state index contributed by atoms with van der Waals surface area (Å²) in [5.74, 6) is -0.0615. The summed E-state index contributed by atoms with van der Waals surface area (Å²) in [6.45, 7) is 0. The third kappa shape index (κ3) is 2.46. The number of nitrogens with zero attached hydrogens (tertiary/aromatic N) is 2. The molecule has 7 nitrogen and oxygen atoms in total. The lowest BCUT2D eigenvalue weighted by molar-refractivity contribution is -0.384. The first-order valence-corrected chi connectivity index (χ1v) is 5.20. The molecule has 1 aromatic carbocycles. The maximum atomic E-state index is 11.8. The van der Waals surface area contributed by atoms with E-state index in [1.54, 1.807) is 6.07 Å². The maximum absolute atomic E-state index is 11.8. The van der Waals surface area contributed by atoms with Crippen molar-refractivity contribution in [2.45, 2.75) is 0 Å². The number of non-ortho nitro benzene ring substituents is 1. The Balaban J connectivity index is 2.23. The lowest BCUT2D eigenvalue weighted by Crippen LogP contribution is -2.12. The molecule has 0 atom stereocenters. The van der Waals surface area contributed by atoms with Crippen molar-refractivity contribution in [2.75, 3.05) is 5.32 Å². The number of nitro groups is 1. The molecule has 2 N–H and O–H groups in total. The zero-order chi connectivity index (χ0) is 13.1. The Morgan fingerprint density at radius 3 is 2.78 bits per heavy atom. The van der Waals surface area contributed by atoms with Crippen LogP contribution in [0.1, 0.15) is 10.4 Å². The van der Waals surface area contributed by atoms with Gasteiger partial charge in [0.15, 0.2) is 0 Å². The number of amides is 1. The number of H-pyrrole nitrogens is 1. The smallest absolute Gasteiger partial charge is 0.270 e. The van der Waals surface area contributed by atoms with E-state index in [0.29, 0.717) is 5.82 Å². The third-order valence-corrected chi connectivity index (χ3v) is 2.47. The second-order valence-corrected chi connectivity index (χ2v) is 3.75. The fourth-order valence-corrected chi connectivity index (χ4v) is 1.58. The average molecular weight is 267 g/mol. The summed E-state index contributed by atoms with van der Waals surface area (Å²) < 4.78 is 0. The Labute approximate surface area is 106 Å². The van der Waals surface area contributed by atoms with Gasteiger partial charge >= 0.3 is 0 Å². The number of hydrogen-bond acceptors (Lipinski definition) is 4. The van der Waals surface area contributed by atoms with Crippen LogP contribution in [0.2, 0.25) is 5.02 Å². The molecule has 1 amide bonds. The van der Waals surface area contributed by atoms with Crippen LogP contribution >= 0.6 is 11.6 Å². The van der Waals surface area contributed by atoms with Crippen molar-refractivity contribution in [2.24, 2.45) is 0 Å².